The topological polar surface area (TPSA) is 76.1 Å². The molecule has 0 radical (unpaired) electrons. The molecule has 6 nitrogen and oxygen atoms in total. The molecule has 1 aromatic heterocycles. The molecule has 2 aromatic carbocycles. The van der Waals surface area contributed by atoms with E-state index >= 15 is 0 Å². The van der Waals surface area contributed by atoms with Gasteiger partial charge in [-0.3, -0.25) is 4.79 Å². The number of ether oxygens (including phenoxy) is 1. The number of nitrogens with one attached hydrogen (secondary N) is 2. The van der Waals surface area contributed by atoms with Gasteiger partial charge in [-0.05, 0) is 49.2 Å². The van der Waals surface area contributed by atoms with Gasteiger partial charge in [0.1, 0.15) is 5.75 Å². The molecule has 0 fully saturated rings. The number of amides is 1. The van der Waals surface area contributed by atoms with Gasteiger partial charge >= 0.3 is 0 Å². The number of anilines is 2. The van der Waals surface area contributed by atoms with Crippen LogP contribution in [0.5, 0.6) is 5.75 Å². The maximum atomic E-state index is 12.4. The molecule has 1 amide bonds. The number of carbonyl (C=O) groups excluding carboxylic acids is 1. The fourth-order valence-corrected chi connectivity index (χ4v) is 4.55. The largest absolute Gasteiger partial charge is 0.497 e. The minimum atomic E-state index is -0.290. The van der Waals surface area contributed by atoms with Gasteiger partial charge in [0.2, 0.25) is 11.0 Å². The highest BCUT2D eigenvalue weighted by molar-refractivity contribution is 8.02. The van der Waals surface area contributed by atoms with Gasteiger partial charge in [-0.15, -0.1) is 10.2 Å². The van der Waals surface area contributed by atoms with Crippen LogP contribution >= 0.6 is 34.7 Å². The van der Waals surface area contributed by atoms with E-state index in [-0.39, 0.29) is 11.2 Å². The van der Waals surface area contributed by atoms with Crippen molar-refractivity contribution in [2.24, 2.45) is 0 Å². The zero-order valence-electron chi connectivity index (χ0n) is 16.2. The first-order valence-electron chi connectivity index (χ1n) is 8.89. The second kappa shape index (κ2) is 9.96. The maximum Gasteiger partial charge on any atom is 0.233 e. The second-order valence-corrected chi connectivity index (χ2v) is 9.21. The molecule has 0 spiro atoms. The highest BCUT2D eigenvalue weighted by Gasteiger charge is 2.17. The lowest BCUT2D eigenvalue weighted by atomic mass is 10.2. The van der Waals surface area contributed by atoms with Crippen LogP contribution in [0.2, 0.25) is 5.02 Å². The first-order chi connectivity index (χ1) is 14.0. The first kappa shape index (κ1) is 21.4. The summed E-state index contributed by atoms with van der Waals surface area (Å²) in [5, 5.41) is 15.5. The molecular weight excluding hydrogens is 428 g/mol. The average Bonchev–Trinajstić information content (AvgIpc) is 3.16. The number of thioether (sulfide) groups is 1. The van der Waals surface area contributed by atoms with Crippen LogP contribution in [0.1, 0.15) is 18.1 Å². The van der Waals surface area contributed by atoms with E-state index < -0.39 is 0 Å². The van der Waals surface area contributed by atoms with E-state index in [9.17, 15) is 4.79 Å². The Morgan fingerprint density at radius 3 is 2.72 bits per heavy atom. The van der Waals surface area contributed by atoms with E-state index in [0.29, 0.717) is 16.7 Å². The van der Waals surface area contributed by atoms with Crippen molar-refractivity contribution in [3.8, 4) is 5.75 Å². The predicted molar refractivity (Wildman–Crippen MR) is 120 cm³/mol. The zero-order valence-corrected chi connectivity index (χ0v) is 18.6. The fourth-order valence-electron chi connectivity index (χ4n) is 2.45. The Hall–Kier alpha value is -2.29. The quantitative estimate of drug-likeness (QED) is 0.469. The molecule has 3 rings (SSSR count). The number of carbonyl (C=O) groups is 1. The third-order valence-corrected chi connectivity index (χ3v) is 6.62. The molecule has 2 N–H and O–H groups in total. The third kappa shape index (κ3) is 5.85. The smallest absolute Gasteiger partial charge is 0.233 e. The number of hydrogen-bond acceptors (Lipinski definition) is 7. The molecule has 152 valence electrons. The molecule has 1 heterocycles. The van der Waals surface area contributed by atoms with Crippen molar-refractivity contribution < 1.29 is 9.53 Å². The molecular formula is C20H21ClN4O2S2. The summed E-state index contributed by atoms with van der Waals surface area (Å²) in [4.78, 5) is 12.4. The summed E-state index contributed by atoms with van der Waals surface area (Å²) in [6.45, 7) is 4.25. The van der Waals surface area contributed by atoms with Crippen LogP contribution in [0.25, 0.3) is 0 Å². The van der Waals surface area contributed by atoms with Crippen LogP contribution in [-0.2, 0) is 11.3 Å². The van der Waals surface area contributed by atoms with Crippen LogP contribution in [-0.4, -0.2) is 28.5 Å². The minimum Gasteiger partial charge on any atom is -0.497 e. The molecule has 0 bridgehead atoms. The number of rotatable bonds is 8. The average molecular weight is 449 g/mol. The molecule has 1 atom stereocenters. The highest BCUT2D eigenvalue weighted by atomic mass is 35.5. The van der Waals surface area contributed by atoms with Gasteiger partial charge < -0.3 is 15.4 Å². The minimum absolute atomic E-state index is 0.0544. The summed E-state index contributed by atoms with van der Waals surface area (Å²) in [7, 11) is 1.63. The molecule has 0 aliphatic rings. The molecule has 3 aromatic rings. The van der Waals surface area contributed by atoms with Gasteiger partial charge in [0, 0.05) is 17.3 Å². The highest BCUT2D eigenvalue weighted by Crippen LogP contribution is 2.32. The Balaban J connectivity index is 1.52. The van der Waals surface area contributed by atoms with E-state index in [0.717, 1.165) is 26.9 Å². The van der Waals surface area contributed by atoms with Gasteiger partial charge in [-0.25, -0.2) is 0 Å². The van der Waals surface area contributed by atoms with Gasteiger partial charge in [0.05, 0.1) is 12.4 Å². The van der Waals surface area contributed by atoms with Crippen molar-refractivity contribution >= 4 is 51.4 Å². The van der Waals surface area contributed by atoms with Crippen molar-refractivity contribution in [2.45, 2.75) is 30.0 Å². The van der Waals surface area contributed by atoms with Gasteiger partial charge in [-0.1, -0.05) is 52.9 Å². The molecule has 0 saturated carbocycles. The Kier molecular flexibility index (Phi) is 7.35. The standard InChI is InChI=1S/C20H21ClN4O2S2/c1-12-16(21)5-4-6-17(12)23-19-24-25-20(29-19)28-13(2)18(26)22-11-14-7-9-15(27-3)10-8-14/h4-10,13H,11H2,1-3H3,(H,22,26)(H,23,24)/t13-/m0/s1. The Labute approximate surface area is 183 Å². The van der Waals surface area contributed by atoms with Gasteiger partial charge in [-0.2, -0.15) is 0 Å². The van der Waals surface area contributed by atoms with E-state index in [2.05, 4.69) is 20.8 Å². The van der Waals surface area contributed by atoms with E-state index in [1.165, 1.54) is 23.1 Å². The summed E-state index contributed by atoms with van der Waals surface area (Å²) < 4.78 is 5.86. The summed E-state index contributed by atoms with van der Waals surface area (Å²) in [6, 6.07) is 13.3. The summed E-state index contributed by atoms with van der Waals surface area (Å²) in [5.74, 6) is 0.735. The number of hydrogen-bond donors (Lipinski definition) is 2. The van der Waals surface area contributed by atoms with Crippen molar-refractivity contribution in [2.75, 3.05) is 12.4 Å². The molecule has 0 aliphatic heterocycles. The SMILES string of the molecule is COc1ccc(CNC(=O)[C@H](C)Sc2nnc(Nc3cccc(Cl)c3C)s2)cc1. The lowest BCUT2D eigenvalue weighted by Crippen LogP contribution is -2.30. The number of nitrogens with zero attached hydrogens (tertiary/aromatic N) is 2. The third-order valence-electron chi connectivity index (χ3n) is 4.19. The van der Waals surface area contributed by atoms with Crippen molar-refractivity contribution in [1.82, 2.24) is 15.5 Å². The van der Waals surface area contributed by atoms with Crippen LogP contribution < -0.4 is 15.4 Å². The van der Waals surface area contributed by atoms with E-state index in [4.69, 9.17) is 16.3 Å². The predicted octanol–water partition coefficient (Wildman–Crippen LogP) is 5.05. The fraction of sp³-hybridized carbons (Fsp3) is 0.250. The second-order valence-electron chi connectivity index (χ2n) is 6.24. The van der Waals surface area contributed by atoms with Crippen molar-refractivity contribution in [3.05, 3.63) is 58.6 Å². The monoisotopic (exact) mass is 448 g/mol. The normalized spacial score (nSPS) is 11.7. The summed E-state index contributed by atoms with van der Waals surface area (Å²) in [6.07, 6.45) is 0. The lowest BCUT2D eigenvalue weighted by Gasteiger charge is -2.10. The number of aromatic nitrogens is 2. The molecule has 0 aliphatic carbocycles. The molecule has 29 heavy (non-hydrogen) atoms. The van der Waals surface area contributed by atoms with E-state index in [1.54, 1.807) is 7.11 Å². The molecule has 0 unspecified atom stereocenters. The first-order valence-corrected chi connectivity index (χ1v) is 11.0. The number of methoxy groups -OCH3 is 1. The Morgan fingerprint density at radius 1 is 1.24 bits per heavy atom. The van der Waals surface area contributed by atoms with Gasteiger partial charge in [0.25, 0.3) is 0 Å². The molecule has 9 heteroatoms. The van der Waals surface area contributed by atoms with Crippen LogP contribution in [0, 0.1) is 6.92 Å². The van der Waals surface area contributed by atoms with Crippen LogP contribution in [0.4, 0.5) is 10.8 Å². The Morgan fingerprint density at radius 2 is 2.00 bits per heavy atom. The molecule has 0 saturated heterocycles. The van der Waals surface area contributed by atoms with Crippen molar-refractivity contribution in [1.29, 1.82) is 0 Å². The maximum absolute atomic E-state index is 12.4. The van der Waals surface area contributed by atoms with E-state index in [1.807, 2.05) is 56.3 Å². The number of benzene rings is 2. The zero-order chi connectivity index (χ0) is 20.8. The number of halogens is 1. The summed E-state index contributed by atoms with van der Waals surface area (Å²) in [5.41, 5.74) is 2.84. The summed E-state index contributed by atoms with van der Waals surface area (Å²) >= 11 is 8.93. The van der Waals surface area contributed by atoms with Gasteiger partial charge in [0.15, 0.2) is 4.34 Å². The Bertz CT molecular complexity index is 979. The lowest BCUT2D eigenvalue weighted by molar-refractivity contribution is -0.120. The van der Waals surface area contributed by atoms with Crippen molar-refractivity contribution in [3.63, 3.8) is 0 Å². The van der Waals surface area contributed by atoms with Crippen LogP contribution in [0.3, 0.4) is 0 Å². The van der Waals surface area contributed by atoms with Crippen LogP contribution in [0.15, 0.2) is 46.8 Å².